The predicted molar refractivity (Wildman–Crippen MR) is 102 cm³/mol. The van der Waals surface area contributed by atoms with Crippen LogP contribution in [0.3, 0.4) is 0 Å². The second-order valence-corrected chi connectivity index (χ2v) is 7.56. The van der Waals surface area contributed by atoms with E-state index in [9.17, 15) is 24.0 Å². The van der Waals surface area contributed by atoms with E-state index in [-0.39, 0.29) is 11.7 Å². The molecule has 1 aromatic carbocycles. The summed E-state index contributed by atoms with van der Waals surface area (Å²) in [6.07, 6.45) is 0.546. The molecule has 0 bridgehead atoms. The first-order valence-corrected chi connectivity index (χ1v) is 9.37. The van der Waals surface area contributed by atoms with Crippen LogP contribution in [0.4, 0.5) is 10.5 Å². The van der Waals surface area contributed by atoms with Crippen molar-refractivity contribution in [2.45, 2.75) is 45.3 Å². The molecule has 2 fully saturated rings. The van der Waals surface area contributed by atoms with Crippen LogP contribution in [0, 0.1) is 5.92 Å². The van der Waals surface area contributed by atoms with Gasteiger partial charge in [0.05, 0.1) is 0 Å². The van der Waals surface area contributed by atoms with Gasteiger partial charge >= 0.3 is 12.0 Å². The lowest BCUT2D eigenvalue weighted by Gasteiger charge is -2.21. The van der Waals surface area contributed by atoms with Crippen LogP contribution in [-0.4, -0.2) is 52.7 Å². The molecule has 0 radical (unpaired) electrons. The number of Topliss-reactive ketones (excluding diaryl/α,β-unsaturated/α-hetero) is 1. The summed E-state index contributed by atoms with van der Waals surface area (Å²) >= 11 is 0. The summed E-state index contributed by atoms with van der Waals surface area (Å²) in [7, 11) is 0. The van der Waals surface area contributed by atoms with Gasteiger partial charge in [-0.3, -0.25) is 24.1 Å². The maximum absolute atomic E-state index is 12.5. The highest BCUT2D eigenvalue weighted by Crippen LogP contribution is 2.42. The van der Waals surface area contributed by atoms with Crippen molar-refractivity contribution in [3.8, 4) is 0 Å². The Morgan fingerprint density at radius 2 is 2.00 bits per heavy atom. The largest absolute Gasteiger partial charge is 0.451 e. The standard InChI is InChI=1S/C20H23N3O6/c1-11(24)13-5-4-6-15(9-13)21-17(26)12(2)29-16(25)10-23-18(27)20(3,14-7-8-14)22-19(23)28/h4-6,9,12,14H,7-8,10H2,1-3H3,(H,21,26)(H,22,28)/t12-,20+/m1/s1. The number of anilines is 1. The number of carbonyl (C=O) groups is 5. The molecule has 0 unspecified atom stereocenters. The van der Waals surface area contributed by atoms with Crippen molar-refractivity contribution in [3.63, 3.8) is 0 Å². The van der Waals surface area contributed by atoms with Gasteiger partial charge in [-0.1, -0.05) is 12.1 Å². The first-order chi connectivity index (χ1) is 13.6. The number of hydrogen-bond acceptors (Lipinski definition) is 6. The van der Waals surface area contributed by atoms with Crippen LogP contribution in [0.25, 0.3) is 0 Å². The van der Waals surface area contributed by atoms with E-state index < -0.39 is 42.0 Å². The van der Waals surface area contributed by atoms with Crippen LogP contribution in [0.15, 0.2) is 24.3 Å². The lowest BCUT2D eigenvalue weighted by Crippen LogP contribution is -2.46. The molecule has 1 saturated heterocycles. The summed E-state index contributed by atoms with van der Waals surface area (Å²) < 4.78 is 5.07. The Bertz CT molecular complexity index is 894. The average molecular weight is 401 g/mol. The SMILES string of the molecule is CC(=O)c1cccc(NC(=O)[C@@H](C)OC(=O)CN2C(=O)N[C@@](C)(C3CC3)C2=O)c1. The lowest BCUT2D eigenvalue weighted by molar-refractivity contribution is -0.155. The first-order valence-electron chi connectivity index (χ1n) is 9.37. The van der Waals surface area contributed by atoms with E-state index in [2.05, 4.69) is 10.6 Å². The Balaban J connectivity index is 1.55. The minimum atomic E-state index is -1.15. The van der Waals surface area contributed by atoms with Gasteiger partial charge in [0.25, 0.3) is 11.8 Å². The number of nitrogens with one attached hydrogen (secondary N) is 2. The fourth-order valence-corrected chi connectivity index (χ4v) is 3.27. The maximum Gasteiger partial charge on any atom is 0.327 e. The normalized spacial score (nSPS) is 22.1. The number of ether oxygens (including phenoxy) is 1. The second-order valence-electron chi connectivity index (χ2n) is 7.56. The number of esters is 1. The fraction of sp³-hybridized carbons (Fsp3) is 0.450. The zero-order valence-electron chi connectivity index (χ0n) is 16.5. The minimum absolute atomic E-state index is 0.0791. The van der Waals surface area contributed by atoms with Gasteiger partial charge in [0.15, 0.2) is 11.9 Å². The zero-order chi connectivity index (χ0) is 21.3. The molecule has 4 amide bonds. The van der Waals surface area contributed by atoms with E-state index >= 15 is 0 Å². The van der Waals surface area contributed by atoms with Crippen LogP contribution in [0.2, 0.25) is 0 Å². The van der Waals surface area contributed by atoms with Crippen molar-refractivity contribution in [1.82, 2.24) is 10.2 Å². The van der Waals surface area contributed by atoms with Gasteiger partial charge < -0.3 is 15.4 Å². The number of rotatable bonds is 7. The molecule has 9 heteroatoms. The molecular formula is C20H23N3O6. The monoisotopic (exact) mass is 401 g/mol. The Kier molecular flexibility index (Phi) is 5.41. The van der Waals surface area contributed by atoms with E-state index in [1.807, 2.05) is 0 Å². The molecule has 2 atom stereocenters. The van der Waals surface area contributed by atoms with Gasteiger partial charge in [-0.25, -0.2) is 4.79 Å². The third-order valence-electron chi connectivity index (χ3n) is 5.20. The average Bonchev–Trinajstić information content (AvgIpc) is 3.48. The maximum atomic E-state index is 12.5. The topological polar surface area (TPSA) is 122 Å². The van der Waals surface area contributed by atoms with E-state index in [1.165, 1.54) is 19.9 Å². The quantitative estimate of drug-likeness (QED) is 0.405. The molecule has 1 aromatic rings. The summed E-state index contributed by atoms with van der Waals surface area (Å²) in [6, 6.07) is 5.72. The number of carbonyl (C=O) groups excluding carboxylic acids is 5. The van der Waals surface area contributed by atoms with Crippen LogP contribution in [-0.2, 0) is 19.1 Å². The van der Waals surface area contributed by atoms with Gasteiger partial charge in [-0.05, 0) is 51.7 Å². The molecular weight excluding hydrogens is 378 g/mol. The molecule has 9 nitrogen and oxygen atoms in total. The number of imide groups is 1. The van der Waals surface area contributed by atoms with Crippen molar-refractivity contribution in [2.24, 2.45) is 5.92 Å². The second kappa shape index (κ2) is 7.65. The first kappa shape index (κ1) is 20.5. The molecule has 154 valence electrons. The molecule has 1 aliphatic heterocycles. The van der Waals surface area contributed by atoms with Crippen molar-refractivity contribution >= 4 is 35.3 Å². The van der Waals surface area contributed by atoms with E-state index in [4.69, 9.17) is 4.74 Å². The van der Waals surface area contributed by atoms with Crippen molar-refractivity contribution < 1.29 is 28.7 Å². The Hall–Kier alpha value is -3.23. The van der Waals surface area contributed by atoms with Gasteiger partial charge in [0.2, 0.25) is 0 Å². The van der Waals surface area contributed by atoms with Crippen LogP contribution in [0.1, 0.15) is 44.0 Å². The summed E-state index contributed by atoms with van der Waals surface area (Å²) in [5.41, 5.74) is -0.160. The third-order valence-corrected chi connectivity index (χ3v) is 5.20. The van der Waals surface area contributed by atoms with Crippen LogP contribution < -0.4 is 10.6 Å². The minimum Gasteiger partial charge on any atom is -0.451 e. The smallest absolute Gasteiger partial charge is 0.327 e. The predicted octanol–water partition coefficient (Wildman–Crippen LogP) is 1.48. The molecule has 2 N–H and O–H groups in total. The van der Waals surface area contributed by atoms with Crippen molar-refractivity contribution in [1.29, 1.82) is 0 Å². The van der Waals surface area contributed by atoms with E-state index in [1.54, 1.807) is 25.1 Å². The number of amides is 4. The Labute approximate surface area is 167 Å². The van der Waals surface area contributed by atoms with Gasteiger partial charge in [0.1, 0.15) is 12.1 Å². The number of nitrogens with zero attached hydrogens (tertiary/aromatic N) is 1. The van der Waals surface area contributed by atoms with Crippen molar-refractivity contribution in [2.75, 3.05) is 11.9 Å². The van der Waals surface area contributed by atoms with E-state index in [0.29, 0.717) is 11.3 Å². The lowest BCUT2D eigenvalue weighted by atomic mass is 9.96. The van der Waals surface area contributed by atoms with Crippen LogP contribution in [0.5, 0.6) is 0 Å². The molecule has 1 aliphatic carbocycles. The highest BCUT2D eigenvalue weighted by Gasteiger charge is 2.56. The zero-order valence-corrected chi connectivity index (χ0v) is 16.5. The molecule has 1 heterocycles. The number of benzene rings is 1. The summed E-state index contributed by atoms with van der Waals surface area (Å²) in [5.74, 6) is -1.99. The molecule has 0 aromatic heterocycles. The molecule has 1 saturated carbocycles. The van der Waals surface area contributed by atoms with Crippen LogP contribution >= 0.6 is 0 Å². The van der Waals surface area contributed by atoms with E-state index in [0.717, 1.165) is 17.7 Å². The molecule has 0 spiro atoms. The summed E-state index contributed by atoms with van der Waals surface area (Å²) in [4.78, 5) is 61.3. The third kappa shape index (κ3) is 4.28. The number of ketones is 1. The number of hydrogen-bond donors (Lipinski definition) is 2. The fourth-order valence-electron chi connectivity index (χ4n) is 3.27. The highest BCUT2D eigenvalue weighted by molar-refractivity contribution is 6.09. The molecule has 2 aliphatic rings. The summed E-state index contributed by atoms with van der Waals surface area (Å²) in [6.45, 7) is 3.88. The number of urea groups is 1. The Morgan fingerprint density at radius 1 is 1.31 bits per heavy atom. The highest BCUT2D eigenvalue weighted by atomic mass is 16.5. The molecule has 29 heavy (non-hydrogen) atoms. The van der Waals surface area contributed by atoms with Gasteiger partial charge in [0, 0.05) is 11.3 Å². The van der Waals surface area contributed by atoms with Crippen molar-refractivity contribution in [3.05, 3.63) is 29.8 Å². The summed E-state index contributed by atoms with van der Waals surface area (Å²) in [5, 5.41) is 5.20. The van der Waals surface area contributed by atoms with Gasteiger partial charge in [-0.2, -0.15) is 0 Å². The van der Waals surface area contributed by atoms with Gasteiger partial charge in [-0.15, -0.1) is 0 Å². The molecule has 3 rings (SSSR count). The Morgan fingerprint density at radius 3 is 2.62 bits per heavy atom.